The molecule has 2 rings (SSSR count). The average molecular weight is 367 g/mol. The van der Waals surface area contributed by atoms with Crippen LogP contribution in [0.25, 0.3) is 0 Å². The molecule has 0 aromatic heterocycles. The van der Waals surface area contributed by atoms with E-state index < -0.39 is 0 Å². The minimum absolute atomic E-state index is 0.0475. The normalized spacial score (nSPS) is 12.2. The number of hydrogen-bond acceptors (Lipinski definition) is 1. The lowest BCUT2D eigenvalue weighted by atomic mass is 9.95. The molecule has 1 atom stereocenters. The summed E-state index contributed by atoms with van der Waals surface area (Å²) < 4.78 is 0.720. The van der Waals surface area contributed by atoms with Crippen molar-refractivity contribution >= 4 is 33.4 Å². The Kier molecular flexibility index (Phi) is 5.43. The molecule has 1 unspecified atom stereocenters. The maximum Gasteiger partial charge on any atom is 0.253 e. The van der Waals surface area contributed by atoms with Gasteiger partial charge < -0.3 is 5.32 Å². The van der Waals surface area contributed by atoms with E-state index in [9.17, 15) is 4.79 Å². The summed E-state index contributed by atoms with van der Waals surface area (Å²) in [5.74, 6) is 0.117. The molecule has 1 N–H and O–H groups in total. The minimum Gasteiger partial charge on any atom is -0.345 e. The molecule has 110 valence electrons. The van der Waals surface area contributed by atoms with E-state index >= 15 is 0 Å². The summed E-state index contributed by atoms with van der Waals surface area (Å²) in [7, 11) is 0. The molecule has 0 radical (unpaired) electrons. The van der Waals surface area contributed by atoms with Gasteiger partial charge in [-0.2, -0.15) is 0 Å². The number of amides is 1. The Hall–Kier alpha value is -1.32. The summed E-state index contributed by atoms with van der Waals surface area (Å²) in [6, 6.07) is 15.3. The summed E-state index contributed by atoms with van der Waals surface area (Å²) in [4.78, 5) is 12.5. The number of rotatable bonds is 4. The van der Waals surface area contributed by atoms with Gasteiger partial charge in [-0.1, -0.05) is 61.8 Å². The second-order valence-corrected chi connectivity index (χ2v) is 6.44. The van der Waals surface area contributed by atoms with Crippen LogP contribution in [0.5, 0.6) is 0 Å². The summed E-state index contributed by atoms with van der Waals surface area (Å²) in [6.07, 6.45) is 0. The third-order valence-corrected chi connectivity index (χ3v) is 4.60. The van der Waals surface area contributed by atoms with Gasteiger partial charge in [0, 0.05) is 4.47 Å². The molecule has 0 aliphatic carbocycles. The predicted octanol–water partition coefficient (Wildman–Crippen LogP) is 5.23. The highest BCUT2D eigenvalue weighted by atomic mass is 79.9. The van der Waals surface area contributed by atoms with Gasteiger partial charge in [0.05, 0.1) is 16.6 Å². The zero-order chi connectivity index (χ0) is 15.4. The molecular formula is C17H17BrClNO. The van der Waals surface area contributed by atoms with Gasteiger partial charge in [-0.05, 0) is 39.5 Å². The van der Waals surface area contributed by atoms with Gasteiger partial charge in [0.15, 0.2) is 0 Å². The smallest absolute Gasteiger partial charge is 0.253 e. The van der Waals surface area contributed by atoms with E-state index in [1.165, 1.54) is 0 Å². The first-order valence-corrected chi connectivity index (χ1v) is 7.97. The van der Waals surface area contributed by atoms with Crippen molar-refractivity contribution in [2.24, 2.45) is 5.92 Å². The maximum atomic E-state index is 12.5. The highest BCUT2D eigenvalue weighted by Crippen LogP contribution is 2.27. The zero-order valence-corrected chi connectivity index (χ0v) is 14.3. The molecule has 1 amide bonds. The lowest BCUT2D eigenvalue weighted by molar-refractivity contribution is 0.0925. The van der Waals surface area contributed by atoms with Crippen molar-refractivity contribution in [1.82, 2.24) is 5.32 Å². The third-order valence-electron chi connectivity index (χ3n) is 3.31. The first kappa shape index (κ1) is 16.1. The van der Waals surface area contributed by atoms with Gasteiger partial charge in [-0.3, -0.25) is 4.79 Å². The van der Waals surface area contributed by atoms with E-state index in [-0.39, 0.29) is 17.9 Å². The molecule has 0 saturated heterocycles. The molecule has 4 heteroatoms. The number of benzene rings is 2. The molecule has 0 heterocycles. The molecule has 0 fully saturated rings. The Balaban J connectivity index is 2.25. The van der Waals surface area contributed by atoms with Crippen LogP contribution in [-0.2, 0) is 0 Å². The highest BCUT2D eigenvalue weighted by Gasteiger charge is 2.20. The Morgan fingerprint density at radius 2 is 1.76 bits per heavy atom. The SMILES string of the molecule is CC(C)C(NC(=O)c1cccc(Br)c1Cl)c1ccccc1. The predicted molar refractivity (Wildman–Crippen MR) is 90.6 cm³/mol. The lowest BCUT2D eigenvalue weighted by Crippen LogP contribution is -2.31. The number of carbonyl (C=O) groups excluding carboxylic acids is 1. The molecule has 0 spiro atoms. The number of halogens is 2. The lowest BCUT2D eigenvalue weighted by Gasteiger charge is -2.23. The van der Waals surface area contributed by atoms with Crippen molar-refractivity contribution in [2.75, 3.05) is 0 Å². The van der Waals surface area contributed by atoms with Gasteiger partial charge >= 0.3 is 0 Å². The minimum atomic E-state index is -0.163. The fraction of sp³-hybridized carbons (Fsp3) is 0.235. The quantitative estimate of drug-likeness (QED) is 0.788. The Labute approximate surface area is 138 Å². The summed E-state index contributed by atoms with van der Waals surface area (Å²) >= 11 is 9.53. The van der Waals surface area contributed by atoms with Crippen LogP contribution in [0.4, 0.5) is 0 Å². The topological polar surface area (TPSA) is 29.1 Å². The van der Waals surface area contributed by atoms with Crippen molar-refractivity contribution < 1.29 is 4.79 Å². The van der Waals surface area contributed by atoms with Gasteiger partial charge in [-0.15, -0.1) is 0 Å². The van der Waals surface area contributed by atoms with Gasteiger partial charge in [0.25, 0.3) is 5.91 Å². The molecule has 2 nitrogen and oxygen atoms in total. The van der Waals surface area contributed by atoms with Crippen molar-refractivity contribution in [2.45, 2.75) is 19.9 Å². The molecule has 0 bridgehead atoms. The number of hydrogen-bond donors (Lipinski definition) is 1. The molecule has 0 aliphatic rings. The van der Waals surface area contributed by atoms with Crippen molar-refractivity contribution in [1.29, 1.82) is 0 Å². The number of carbonyl (C=O) groups is 1. The van der Waals surface area contributed by atoms with E-state index in [0.717, 1.165) is 10.0 Å². The summed E-state index contributed by atoms with van der Waals surface area (Å²) in [5, 5.41) is 3.51. The van der Waals surface area contributed by atoms with Crippen LogP contribution < -0.4 is 5.32 Å². The second kappa shape index (κ2) is 7.10. The van der Waals surface area contributed by atoms with Crippen LogP contribution in [0.3, 0.4) is 0 Å². The monoisotopic (exact) mass is 365 g/mol. The van der Waals surface area contributed by atoms with Crippen molar-refractivity contribution in [3.63, 3.8) is 0 Å². The first-order chi connectivity index (χ1) is 10.0. The van der Waals surface area contributed by atoms with E-state index in [2.05, 4.69) is 35.1 Å². The van der Waals surface area contributed by atoms with E-state index in [1.807, 2.05) is 36.4 Å². The Morgan fingerprint density at radius 1 is 1.10 bits per heavy atom. The largest absolute Gasteiger partial charge is 0.345 e. The van der Waals surface area contributed by atoms with Crippen LogP contribution in [0, 0.1) is 5.92 Å². The number of nitrogens with one attached hydrogen (secondary N) is 1. The van der Waals surface area contributed by atoms with Crippen molar-refractivity contribution in [3.05, 3.63) is 69.2 Å². The van der Waals surface area contributed by atoms with Crippen molar-refractivity contribution in [3.8, 4) is 0 Å². The highest BCUT2D eigenvalue weighted by molar-refractivity contribution is 9.10. The first-order valence-electron chi connectivity index (χ1n) is 6.80. The second-order valence-electron chi connectivity index (χ2n) is 5.21. The van der Waals surface area contributed by atoms with E-state index in [0.29, 0.717) is 10.6 Å². The third kappa shape index (κ3) is 3.86. The summed E-state index contributed by atoms with van der Waals surface area (Å²) in [6.45, 7) is 4.17. The van der Waals surface area contributed by atoms with Crippen LogP contribution in [0.15, 0.2) is 53.0 Å². The molecular weight excluding hydrogens is 350 g/mol. The Morgan fingerprint density at radius 3 is 2.38 bits per heavy atom. The standard InChI is InChI=1S/C17H17BrClNO/c1-11(2)16(12-7-4-3-5-8-12)20-17(21)13-9-6-10-14(18)15(13)19/h3-11,16H,1-2H3,(H,20,21). The van der Waals surface area contributed by atoms with E-state index in [1.54, 1.807) is 12.1 Å². The molecule has 0 saturated carbocycles. The summed E-state index contributed by atoms with van der Waals surface area (Å²) in [5.41, 5.74) is 1.57. The maximum absolute atomic E-state index is 12.5. The van der Waals surface area contributed by atoms with Crippen LogP contribution in [-0.4, -0.2) is 5.91 Å². The van der Waals surface area contributed by atoms with Gasteiger partial charge in [-0.25, -0.2) is 0 Å². The molecule has 0 aliphatic heterocycles. The fourth-order valence-electron chi connectivity index (χ4n) is 2.19. The molecule has 2 aromatic carbocycles. The van der Waals surface area contributed by atoms with E-state index in [4.69, 9.17) is 11.6 Å². The average Bonchev–Trinajstić information content (AvgIpc) is 2.48. The van der Waals surface area contributed by atoms with Gasteiger partial charge in [0.2, 0.25) is 0 Å². The zero-order valence-electron chi connectivity index (χ0n) is 11.9. The van der Waals surface area contributed by atoms with Crippen LogP contribution in [0.1, 0.15) is 35.8 Å². The molecule has 21 heavy (non-hydrogen) atoms. The molecule has 2 aromatic rings. The van der Waals surface area contributed by atoms with Crippen LogP contribution >= 0.6 is 27.5 Å². The Bertz CT molecular complexity index is 628. The van der Waals surface area contributed by atoms with Gasteiger partial charge in [0.1, 0.15) is 0 Å². The van der Waals surface area contributed by atoms with Crippen LogP contribution in [0.2, 0.25) is 5.02 Å². The fourth-order valence-corrected chi connectivity index (χ4v) is 2.77.